The van der Waals surface area contributed by atoms with Crippen LogP contribution < -0.4 is 5.73 Å². The first-order valence-electron chi connectivity index (χ1n) is 5.36. The average Bonchev–Trinajstić information content (AvgIpc) is 2.11. The van der Waals surface area contributed by atoms with Crippen molar-refractivity contribution in [2.45, 2.75) is 45.3 Å². The number of rotatable bonds is 7. The lowest BCUT2D eigenvalue weighted by Gasteiger charge is -2.26. The molecule has 1 unspecified atom stereocenters. The molecule has 0 aliphatic rings. The van der Waals surface area contributed by atoms with Gasteiger partial charge in [0.2, 0.25) is 0 Å². The van der Waals surface area contributed by atoms with Crippen LogP contribution in [0, 0.1) is 0 Å². The molecule has 86 valence electrons. The molecule has 0 aliphatic carbocycles. The lowest BCUT2D eigenvalue weighted by atomic mass is 10.1. The molecule has 0 bridgehead atoms. The van der Waals surface area contributed by atoms with Gasteiger partial charge in [0.15, 0.2) is 0 Å². The van der Waals surface area contributed by atoms with Gasteiger partial charge in [-0.15, -0.1) is 0 Å². The Bertz CT molecular complexity index is 146. The van der Waals surface area contributed by atoms with E-state index in [2.05, 4.69) is 25.8 Å². The van der Waals surface area contributed by atoms with Crippen molar-refractivity contribution in [2.24, 2.45) is 5.73 Å². The topological polar surface area (TPSA) is 38.5 Å². The minimum atomic E-state index is -0.0113. The van der Waals surface area contributed by atoms with Gasteiger partial charge in [-0.25, -0.2) is 0 Å². The summed E-state index contributed by atoms with van der Waals surface area (Å²) in [4.78, 5) is 2.31. The Morgan fingerprint density at radius 3 is 2.36 bits per heavy atom. The lowest BCUT2D eigenvalue weighted by Crippen LogP contribution is -2.32. The van der Waals surface area contributed by atoms with E-state index in [9.17, 15) is 0 Å². The number of nitrogens with zero attached hydrogens (tertiary/aromatic N) is 1. The molecule has 0 rings (SSSR count). The zero-order valence-electron chi connectivity index (χ0n) is 10.3. The maximum Gasteiger partial charge on any atom is 0.0634 e. The predicted octanol–water partition coefficient (Wildman–Crippen LogP) is 1.47. The van der Waals surface area contributed by atoms with Crippen molar-refractivity contribution < 1.29 is 4.74 Å². The summed E-state index contributed by atoms with van der Waals surface area (Å²) in [6.07, 6.45) is 2.11. The highest BCUT2D eigenvalue weighted by molar-refractivity contribution is 4.70. The fourth-order valence-electron chi connectivity index (χ4n) is 1.10. The largest absolute Gasteiger partial charge is 0.379 e. The quantitative estimate of drug-likeness (QED) is 0.679. The number of hydrogen-bond donors (Lipinski definition) is 1. The van der Waals surface area contributed by atoms with Crippen LogP contribution in [-0.2, 0) is 4.74 Å². The van der Waals surface area contributed by atoms with E-state index in [0.717, 1.165) is 25.9 Å². The molecule has 0 heterocycles. The first-order valence-corrected chi connectivity index (χ1v) is 5.36. The van der Waals surface area contributed by atoms with E-state index < -0.39 is 0 Å². The Balaban J connectivity index is 3.58. The molecule has 0 saturated heterocycles. The van der Waals surface area contributed by atoms with Crippen molar-refractivity contribution in [3.8, 4) is 0 Å². The van der Waals surface area contributed by atoms with Crippen LogP contribution in [0.1, 0.15) is 33.6 Å². The second-order valence-corrected chi connectivity index (χ2v) is 4.78. The van der Waals surface area contributed by atoms with E-state index in [1.165, 1.54) is 0 Å². The van der Waals surface area contributed by atoms with E-state index in [4.69, 9.17) is 10.5 Å². The lowest BCUT2D eigenvalue weighted by molar-refractivity contribution is 0.00904. The molecule has 0 amide bonds. The molecule has 0 spiro atoms. The second-order valence-electron chi connectivity index (χ2n) is 4.78. The number of methoxy groups -OCH3 is 1. The van der Waals surface area contributed by atoms with E-state index in [1.54, 1.807) is 7.11 Å². The Kier molecular flexibility index (Phi) is 6.33. The smallest absolute Gasteiger partial charge is 0.0634 e. The van der Waals surface area contributed by atoms with Crippen molar-refractivity contribution >= 4 is 0 Å². The van der Waals surface area contributed by atoms with Crippen molar-refractivity contribution in [1.82, 2.24) is 4.90 Å². The van der Waals surface area contributed by atoms with E-state index in [-0.39, 0.29) is 5.60 Å². The van der Waals surface area contributed by atoms with Crippen molar-refractivity contribution in [2.75, 3.05) is 27.2 Å². The summed E-state index contributed by atoms with van der Waals surface area (Å²) in [6, 6.07) is 0.299. The highest BCUT2D eigenvalue weighted by Crippen LogP contribution is 2.13. The van der Waals surface area contributed by atoms with Crippen LogP contribution in [0.25, 0.3) is 0 Å². The molecular formula is C11H26N2O. The third-order valence-corrected chi connectivity index (χ3v) is 2.61. The maximum absolute atomic E-state index is 5.70. The van der Waals surface area contributed by atoms with Gasteiger partial charge in [0.1, 0.15) is 0 Å². The zero-order chi connectivity index (χ0) is 11.2. The van der Waals surface area contributed by atoms with E-state index in [1.807, 2.05) is 6.92 Å². The Morgan fingerprint density at radius 1 is 1.36 bits per heavy atom. The summed E-state index contributed by atoms with van der Waals surface area (Å²) in [7, 11) is 3.90. The Hall–Kier alpha value is -0.120. The third kappa shape index (κ3) is 7.30. The summed E-state index contributed by atoms with van der Waals surface area (Å²) in [5.41, 5.74) is 5.69. The van der Waals surface area contributed by atoms with Crippen LogP contribution in [0.2, 0.25) is 0 Å². The average molecular weight is 202 g/mol. The number of hydrogen-bond acceptors (Lipinski definition) is 3. The predicted molar refractivity (Wildman–Crippen MR) is 61.5 cm³/mol. The van der Waals surface area contributed by atoms with Gasteiger partial charge in [-0.3, -0.25) is 0 Å². The molecule has 3 heteroatoms. The van der Waals surface area contributed by atoms with Crippen LogP contribution in [0.15, 0.2) is 0 Å². The number of nitrogens with two attached hydrogens (primary N) is 1. The molecule has 0 fully saturated rings. The third-order valence-electron chi connectivity index (χ3n) is 2.61. The normalized spacial score (nSPS) is 14.8. The van der Waals surface area contributed by atoms with E-state index >= 15 is 0 Å². The van der Waals surface area contributed by atoms with Crippen LogP contribution in [0.4, 0.5) is 0 Å². The number of ether oxygens (including phenoxy) is 1. The molecule has 1 atom stereocenters. The van der Waals surface area contributed by atoms with Crippen molar-refractivity contribution in [3.05, 3.63) is 0 Å². The fraction of sp³-hybridized carbons (Fsp3) is 1.00. The van der Waals surface area contributed by atoms with Gasteiger partial charge in [-0.1, -0.05) is 0 Å². The first kappa shape index (κ1) is 13.9. The molecule has 0 saturated carbocycles. The van der Waals surface area contributed by atoms with Gasteiger partial charge < -0.3 is 15.4 Å². The van der Waals surface area contributed by atoms with Gasteiger partial charge in [0.05, 0.1) is 5.60 Å². The Labute approximate surface area is 88.6 Å². The molecular weight excluding hydrogens is 176 g/mol. The maximum atomic E-state index is 5.70. The molecule has 0 radical (unpaired) electrons. The molecule has 0 aromatic heterocycles. The minimum Gasteiger partial charge on any atom is -0.379 e. The molecule has 0 aliphatic heterocycles. The highest BCUT2D eigenvalue weighted by Gasteiger charge is 2.16. The van der Waals surface area contributed by atoms with Gasteiger partial charge >= 0.3 is 0 Å². The highest BCUT2D eigenvalue weighted by atomic mass is 16.5. The zero-order valence-corrected chi connectivity index (χ0v) is 10.3. The summed E-state index contributed by atoms with van der Waals surface area (Å²) in [5.74, 6) is 0. The van der Waals surface area contributed by atoms with Crippen LogP contribution in [0.5, 0.6) is 0 Å². The Morgan fingerprint density at radius 2 is 1.93 bits per heavy atom. The first-order chi connectivity index (χ1) is 6.37. The van der Waals surface area contributed by atoms with Gasteiger partial charge in [-0.05, 0) is 47.2 Å². The second kappa shape index (κ2) is 6.38. The molecule has 2 N–H and O–H groups in total. The molecule has 14 heavy (non-hydrogen) atoms. The minimum absolute atomic E-state index is 0.0113. The molecule has 0 aromatic rings. The fourth-order valence-corrected chi connectivity index (χ4v) is 1.10. The summed E-state index contributed by atoms with van der Waals surface area (Å²) in [5, 5.41) is 0. The van der Waals surface area contributed by atoms with Crippen LogP contribution in [-0.4, -0.2) is 43.8 Å². The standard InChI is InChI=1S/C11H26N2O/c1-10(12)6-8-13(4)9-7-11(2,3)14-5/h10H,6-9,12H2,1-5H3. The van der Waals surface area contributed by atoms with E-state index in [0.29, 0.717) is 6.04 Å². The van der Waals surface area contributed by atoms with Gasteiger partial charge in [0, 0.05) is 19.7 Å². The SMILES string of the molecule is COC(C)(C)CCN(C)CCC(C)N. The van der Waals surface area contributed by atoms with Gasteiger partial charge in [0.25, 0.3) is 0 Å². The van der Waals surface area contributed by atoms with Gasteiger partial charge in [-0.2, -0.15) is 0 Å². The molecule has 3 nitrogen and oxygen atoms in total. The summed E-state index contributed by atoms with van der Waals surface area (Å²) in [6.45, 7) is 8.41. The van der Waals surface area contributed by atoms with Crippen molar-refractivity contribution in [1.29, 1.82) is 0 Å². The van der Waals surface area contributed by atoms with Crippen LogP contribution in [0.3, 0.4) is 0 Å². The monoisotopic (exact) mass is 202 g/mol. The summed E-state index contributed by atoms with van der Waals surface area (Å²) < 4.78 is 5.36. The van der Waals surface area contributed by atoms with Crippen LogP contribution >= 0.6 is 0 Å². The summed E-state index contributed by atoms with van der Waals surface area (Å²) >= 11 is 0. The molecule has 0 aromatic carbocycles. The van der Waals surface area contributed by atoms with Crippen molar-refractivity contribution in [3.63, 3.8) is 0 Å².